The number of hydrogen-bond donors (Lipinski definition) is 1. The van der Waals surface area contributed by atoms with Gasteiger partial charge in [0.1, 0.15) is 0 Å². The number of nitrogens with one attached hydrogen (secondary N) is 1. The summed E-state index contributed by atoms with van der Waals surface area (Å²) in [5, 5.41) is 3.84. The number of nitrogens with zero attached hydrogens (tertiary/aromatic N) is 2. The average molecular weight is 364 g/mol. The molecular weight excluding hydrogens is 326 g/mol. The molecule has 4 fully saturated rings. The van der Waals surface area contributed by atoms with E-state index in [9.17, 15) is 0 Å². The first-order valence-corrected chi connectivity index (χ1v) is 10.9. The second kappa shape index (κ2) is 7.67. The molecular formula is C21H37N3O2. The van der Waals surface area contributed by atoms with E-state index in [1.54, 1.807) is 0 Å². The molecule has 148 valence electrons. The first-order chi connectivity index (χ1) is 12.6. The van der Waals surface area contributed by atoms with Crippen molar-refractivity contribution in [2.45, 2.75) is 77.5 Å². The molecule has 2 saturated carbocycles. The topological polar surface area (TPSA) is 46.1 Å². The van der Waals surface area contributed by atoms with Crippen molar-refractivity contribution in [3.8, 4) is 0 Å². The zero-order valence-electron chi connectivity index (χ0n) is 16.9. The van der Waals surface area contributed by atoms with Crippen molar-refractivity contribution in [1.29, 1.82) is 0 Å². The minimum absolute atomic E-state index is 0.186. The molecule has 3 unspecified atom stereocenters. The van der Waals surface area contributed by atoms with Crippen molar-refractivity contribution >= 4 is 5.96 Å². The van der Waals surface area contributed by atoms with E-state index in [2.05, 4.69) is 31.0 Å². The summed E-state index contributed by atoms with van der Waals surface area (Å²) in [5.74, 6) is 2.61. The normalized spacial score (nSPS) is 35.0. The largest absolute Gasteiger partial charge is 0.378 e. The quantitative estimate of drug-likeness (QED) is 0.602. The number of hydrogen-bond acceptors (Lipinski definition) is 3. The van der Waals surface area contributed by atoms with E-state index >= 15 is 0 Å². The Kier molecular flexibility index (Phi) is 5.47. The Morgan fingerprint density at radius 3 is 2.65 bits per heavy atom. The van der Waals surface area contributed by atoms with Crippen LogP contribution in [-0.2, 0) is 9.47 Å². The molecule has 0 aromatic rings. The van der Waals surface area contributed by atoms with Crippen LogP contribution in [0.5, 0.6) is 0 Å². The highest BCUT2D eigenvalue weighted by molar-refractivity contribution is 5.80. The standard InChI is InChI=1S/C21H37N3O2/c1-4-22-20(23-18-17-6-5-13-25-19(17)21(18,2)3)24-11-9-16(10-12-24)26-14-15-7-8-15/h15-19H,4-14H2,1-3H3,(H,22,23). The molecule has 5 nitrogen and oxygen atoms in total. The van der Waals surface area contributed by atoms with Gasteiger partial charge in [-0.1, -0.05) is 13.8 Å². The van der Waals surface area contributed by atoms with Gasteiger partial charge in [0.2, 0.25) is 0 Å². The van der Waals surface area contributed by atoms with Crippen molar-refractivity contribution < 1.29 is 9.47 Å². The molecule has 2 aliphatic heterocycles. The fraction of sp³-hybridized carbons (Fsp3) is 0.952. The van der Waals surface area contributed by atoms with E-state index < -0.39 is 0 Å². The summed E-state index contributed by atoms with van der Waals surface area (Å²) in [4.78, 5) is 7.28. The Morgan fingerprint density at radius 2 is 1.96 bits per heavy atom. The van der Waals surface area contributed by atoms with E-state index in [1.165, 1.54) is 25.7 Å². The van der Waals surface area contributed by atoms with Crippen molar-refractivity contribution in [1.82, 2.24) is 10.2 Å². The molecule has 5 heteroatoms. The van der Waals surface area contributed by atoms with Crippen LogP contribution in [-0.4, -0.2) is 62.0 Å². The Morgan fingerprint density at radius 1 is 1.19 bits per heavy atom. The highest BCUT2D eigenvalue weighted by Gasteiger charge is 2.58. The number of guanidine groups is 1. The zero-order valence-corrected chi connectivity index (χ0v) is 16.9. The van der Waals surface area contributed by atoms with Crippen molar-refractivity contribution in [3.63, 3.8) is 0 Å². The van der Waals surface area contributed by atoms with E-state index in [4.69, 9.17) is 14.5 Å². The Labute approximate surface area is 158 Å². The molecule has 0 aromatic carbocycles. The average Bonchev–Trinajstić information content (AvgIpc) is 3.48. The molecule has 3 atom stereocenters. The molecule has 2 heterocycles. The summed E-state index contributed by atoms with van der Waals surface area (Å²) in [5.41, 5.74) is 0.186. The van der Waals surface area contributed by atoms with Crippen LogP contribution in [0.1, 0.15) is 59.3 Å². The predicted molar refractivity (Wildman–Crippen MR) is 104 cm³/mol. The lowest BCUT2D eigenvalue weighted by Gasteiger charge is -2.60. The van der Waals surface area contributed by atoms with Crippen LogP contribution in [0.3, 0.4) is 0 Å². The third-order valence-electron chi connectivity index (χ3n) is 6.93. The smallest absolute Gasteiger partial charge is 0.194 e. The molecule has 2 saturated heterocycles. The van der Waals surface area contributed by atoms with E-state index in [1.807, 2.05) is 0 Å². The van der Waals surface area contributed by atoms with Gasteiger partial charge in [-0.2, -0.15) is 0 Å². The van der Waals surface area contributed by atoms with Gasteiger partial charge in [-0.15, -0.1) is 0 Å². The highest BCUT2D eigenvalue weighted by atomic mass is 16.5. The molecule has 1 N–H and O–H groups in total. The lowest BCUT2D eigenvalue weighted by Crippen LogP contribution is -2.71. The second-order valence-electron chi connectivity index (χ2n) is 9.30. The third kappa shape index (κ3) is 3.75. The van der Waals surface area contributed by atoms with Gasteiger partial charge in [-0.3, -0.25) is 4.99 Å². The fourth-order valence-electron chi connectivity index (χ4n) is 5.13. The van der Waals surface area contributed by atoms with Crippen molar-refractivity contribution in [2.75, 3.05) is 32.8 Å². The summed E-state index contributed by atoms with van der Waals surface area (Å²) in [6.07, 6.45) is 8.34. The second-order valence-corrected chi connectivity index (χ2v) is 9.30. The van der Waals surface area contributed by atoms with Crippen LogP contribution in [0, 0.1) is 17.3 Å². The maximum Gasteiger partial charge on any atom is 0.194 e. The van der Waals surface area contributed by atoms with Gasteiger partial charge in [0, 0.05) is 50.2 Å². The Balaban J connectivity index is 1.32. The number of piperidine rings is 1. The van der Waals surface area contributed by atoms with Crippen molar-refractivity contribution in [2.24, 2.45) is 22.2 Å². The van der Waals surface area contributed by atoms with Gasteiger partial charge in [0.15, 0.2) is 5.96 Å². The van der Waals surface area contributed by atoms with Crippen LogP contribution in [0.15, 0.2) is 4.99 Å². The van der Waals surface area contributed by atoms with Crippen LogP contribution in [0.2, 0.25) is 0 Å². The fourth-order valence-corrected chi connectivity index (χ4v) is 5.13. The molecule has 0 radical (unpaired) electrons. The molecule has 0 spiro atoms. The minimum atomic E-state index is 0.186. The van der Waals surface area contributed by atoms with E-state index in [0.717, 1.165) is 57.6 Å². The lowest BCUT2D eigenvalue weighted by atomic mass is 9.55. The molecule has 0 bridgehead atoms. The summed E-state index contributed by atoms with van der Waals surface area (Å²) >= 11 is 0. The molecule has 4 aliphatic rings. The third-order valence-corrected chi connectivity index (χ3v) is 6.93. The highest BCUT2D eigenvalue weighted by Crippen LogP contribution is 2.51. The van der Waals surface area contributed by atoms with Crippen LogP contribution < -0.4 is 5.32 Å². The van der Waals surface area contributed by atoms with Gasteiger partial charge < -0.3 is 19.7 Å². The number of aliphatic imine (C=N–C) groups is 1. The molecule has 2 aliphatic carbocycles. The molecule has 26 heavy (non-hydrogen) atoms. The van der Waals surface area contributed by atoms with E-state index in [0.29, 0.717) is 24.2 Å². The Bertz CT molecular complexity index is 509. The van der Waals surface area contributed by atoms with E-state index in [-0.39, 0.29) is 5.41 Å². The van der Waals surface area contributed by atoms with Crippen molar-refractivity contribution in [3.05, 3.63) is 0 Å². The number of ether oxygens (including phenoxy) is 2. The first kappa shape index (κ1) is 18.5. The van der Waals surface area contributed by atoms with Crippen LogP contribution in [0.25, 0.3) is 0 Å². The van der Waals surface area contributed by atoms with Crippen LogP contribution >= 0.6 is 0 Å². The maximum absolute atomic E-state index is 6.11. The minimum Gasteiger partial charge on any atom is -0.378 e. The predicted octanol–water partition coefficient (Wildman–Crippen LogP) is 3.05. The van der Waals surface area contributed by atoms with Gasteiger partial charge in [0.05, 0.1) is 12.2 Å². The summed E-state index contributed by atoms with van der Waals surface area (Å²) in [7, 11) is 0. The summed E-state index contributed by atoms with van der Waals surface area (Å²) < 4.78 is 12.2. The van der Waals surface area contributed by atoms with Gasteiger partial charge in [-0.05, 0) is 51.4 Å². The zero-order chi connectivity index (χ0) is 18.1. The molecule has 4 rings (SSSR count). The number of likely N-dealkylation sites (tertiary alicyclic amines) is 1. The molecule has 0 aromatic heterocycles. The van der Waals surface area contributed by atoms with Gasteiger partial charge in [-0.25, -0.2) is 0 Å². The number of rotatable bonds is 5. The van der Waals surface area contributed by atoms with Gasteiger partial charge >= 0.3 is 0 Å². The number of fused-ring (bicyclic) bond motifs is 1. The lowest BCUT2D eigenvalue weighted by molar-refractivity contribution is -0.188. The maximum atomic E-state index is 6.11. The Hall–Kier alpha value is -0.810. The summed E-state index contributed by atoms with van der Waals surface area (Å²) in [6, 6.07) is 0.474. The summed E-state index contributed by atoms with van der Waals surface area (Å²) in [6.45, 7) is 11.7. The monoisotopic (exact) mass is 363 g/mol. The van der Waals surface area contributed by atoms with Gasteiger partial charge in [0.25, 0.3) is 0 Å². The first-order valence-electron chi connectivity index (χ1n) is 10.9. The SMILES string of the molecule is CCN=C(NC1C2CCCOC2C1(C)C)N1CCC(OCC2CC2)CC1. The van der Waals surface area contributed by atoms with Crippen LogP contribution in [0.4, 0.5) is 0 Å². The molecule has 0 amide bonds.